The summed E-state index contributed by atoms with van der Waals surface area (Å²) in [4.78, 5) is -6.07. The van der Waals surface area contributed by atoms with E-state index >= 15 is 0 Å². The van der Waals surface area contributed by atoms with Crippen LogP contribution in [0.1, 0.15) is 0 Å². The van der Waals surface area contributed by atoms with Gasteiger partial charge in [0.05, 0.1) is 0 Å². The van der Waals surface area contributed by atoms with E-state index in [1.54, 1.807) is 0 Å². The molecule has 0 aliphatic rings. The highest BCUT2D eigenvalue weighted by Gasteiger charge is 2.41. The van der Waals surface area contributed by atoms with Crippen molar-refractivity contribution in [3.63, 3.8) is 0 Å². The summed E-state index contributed by atoms with van der Waals surface area (Å²) in [6, 6.07) is 0. The summed E-state index contributed by atoms with van der Waals surface area (Å²) in [5, 5.41) is 82.9. The molecule has 0 aliphatic heterocycles. The van der Waals surface area contributed by atoms with Gasteiger partial charge in [-0.05, 0) is 14.9 Å². The molecule has 0 fully saturated rings. The summed E-state index contributed by atoms with van der Waals surface area (Å²) >= 11 is 0. The third kappa shape index (κ3) is 2.89. The number of hydrogen-bond donors (Lipinski definition) is 7. The van der Waals surface area contributed by atoms with Crippen molar-refractivity contribution in [3.05, 3.63) is 15.6 Å². The second kappa shape index (κ2) is 3.61. The second-order valence-corrected chi connectivity index (χ2v) is 2.86. The summed E-state index contributed by atoms with van der Waals surface area (Å²) in [7, 11) is 0. The van der Waals surface area contributed by atoms with Gasteiger partial charge in [-0.15, -0.1) is 4.98 Å². The van der Waals surface area contributed by atoms with Gasteiger partial charge in [0.1, 0.15) is 0 Å². The van der Waals surface area contributed by atoms with E-state index in [1.807, 2.05) is 0 Å². The van der Waals surface area contributed by atoms with Crippen molar-refractivity contribution < 1.29 is 31.2 Å². The summed E-state index contributed by atoms with van der Waals surface area (Å²) in [6.45, 7) is 0. The molecule has 98 valence electrons. The lowest BCUT2D eigenvalue weighted by Crippen LogP contribution is -2.41. The van der Waals surface area contributed by atoms with E-state index < -0.39 is 32.5 Å². The van der Waals surface area contributed by atoms with Crippen molar-refractivity contribution in [2.24, 2.45) is 0 Å². The highest BCUT2D eigenvalue weighted by Crippen LogP contribution is 2.33. The maximum Gasteiger partial charge on any atom is 0.390 e. The van der Waals surface area contributed by atoms with Crippen molar-refractivity contribution in [2.75, 3.05) is 0 Å². The monoisotopic (exact) mass is 257 g/mol. The van der Waals surface area contributed by atoms with E-state index in [-0.39, 0.29) is 0 Å². The van der Waals surface area contributed by atoms with Crippen LogP contribution in [0.25, 0.3) is 0 Å². The molecule has 0 spiro atoms. The molecule has 17 heavy (non-hydrogen) atoms. The number of aromatic amines is 1. The molecule has 0 aromatic carbocycles. The zero-order chi connectivity index (χ0) is 13.6. The van der Waals surface area contributed by atoms with Crippen LogP contribution in [0.4, 0.5) is 17.6 Å². The Labute approximate surface area is 90.5 Å². The zero-order valence-electron chi connectivity index (χ0n) is 7.70. The molecule has 1 aromatic heterocycles. The fourth-order valence-corrected chi connectivity index (χ4v) is 0.887. The second-order valence-electron chi connectivity index (χ2n) is 2.86. The summed E-state index contributed by atoms with van der Waals surface area (Å²) < 4.78 is 0. The minimum atomic E-state index is -3.41. The third-order valence-corrected chi connectivity index (χ3v) is 1.50. The van der Waals surface area contributed by atoms with E-state index in [1.165, 1.54) is 4.98 Å². The minimum absolute atomic E-state index is 1.34. The molecule has 0 amide bonds. The van der Waals surface area contributed by atoms with Gasteiger partial charge in [-0.25, -0.2) is 4.98 Å². The van der Waals surface area contributed by atoms with Gasteiger partial charge in [0.15, 0.2) is 0 Å². The van der Waals surface area contributed by atoms with Crippen molar-refractivity contribution >= 4 is 17.6 Å². The van der Waals surface area contributed by atoms with Crippen LogP contribution >= 0.6 is 0 Å². The molecule has 0 atom stereocenters. The first-order valence-electron chi connectivity index (χ1n) is 3.62. The van der Waals surface area contributed by atoms with Gasteiger partial charge in [-0.2, -0.15) is 31.2 Å². The predicted octanol–water partition coefficient (Wildman–Crippen LogP) is -0.840. The lowest BCUT2D eigenvalue weighted by Gasteiger charge is -2.24. The normalized spacial score (nSPS) is 14.2. The summed E-state index contributed by atoms with van der Waals surface area (Å²) in [5.74, 6) is -4.78. The maximum absolute atomic E-state index is 10.6. The highest BCUT2D eigenvalue weighted by atomic mass is 17.1. The molecular weight excluding hydrogens is 250 g/mol. The van der Waals surface area contributed by atoms with Crippen molar-refractivity contribution in [1.82, 2.24) is 24.9 Å². The van der Waals surface area contributed by atoms with Gasteiger partial charge >= 0.3 is 17.6 Å². The lowest BCUT2D eigenvalue weighted by molar-refractivity contribution is -0.272. The van der Waals surface area contributed by atoms with Gasteiger partial charge in [0.25, 0.3) is 0 Å². The lowest BCUT2D eigenvalue weighted by atomic mass is 10.6. The fourth-order valence-electron chi connectivity index (χ4n) is 0.887. The fraction of sp³-hybridized carbons (Fsp3) is 0. The van der Waals surface area contributed by atoms with Crippen molar-refractivity contribution in [3.8, 4) is 0 Å². The SMILES string of the molecule is [O-][N+](O)(O)c1nc([N+]([O-])(O)O)c([N+]([O-])(O)O)[nH]1. The minimum Gasteiger partial charge on any atom is -0.558 e. The van der Waals surface area contributed by atoms with Crippen LogP contribution in [-0.4, -0.2) is 41.2 Å². The van der Waals surface area contributed by atoms with Gasteiger partial charge in [0.2, 0.25) is 0 Å². The largest absolute Gasteiger partial charge is 0.558 e. The number of nitrogens with zero attached hydrogens (tertiary/aromatic N) is 4. The maximum atomic E-state index is 10.6. The Morgan fingerprint density at radius 1 is 0.824 bits per heavy atom. The van der Waals surface area contributed by atoms with E-state index in [4.69, 9.17) is 31.2 Å². The predicted molar refractivity (Wildman–Crippen MR) is 44.8 cm³/mol. The molecule has 0 unspecified atom stereocenters. The number of imidazole rings is 1. The molecule has 0 saturated carbocycles. The smallest absolute Gasteiger partial charge is 0.390 e. The number of H-pyrrole nitrogens is 1. The number of quaternary nitrogens is 3. The van der Waals surface area contributed by atoms with Gasteiger partial charge < -0.3 is 15.6 Å². The van der Waals surface area contributed by atoms with Gasteiger partial charge in [-0.3, -0.25) is 0 Å². The molecule has 0 radical (unpaired) electrons. The van der Waals surface area contributed by atoms with E-state index in [0.29, 0.717) is 0 Å². The number of hydrogen-bond acceptors (Lipinski definition) is 10. The van der Waals surface area contributed by atoms with Crippen molar-refractivity contribution in [1.29, 1.82) is 0 Å². The molecule has 1 aromatic rings. The van der Waals surface area contributed by atoms with Crippen LogP contribution in [0.15, 0.2) is 0 Å². The average molecular weight is 257 g/mol. The molecule has 14 nitrogen and oxygen atoms in total. The Morgan fingerprint density at radius 3 is 1.53 bits per heavy atom. The topological polar surface area (TPSA) is 219 Å². The average Bonchev–Trinajstić information content (AvgIpc) is 2.42. The van der Waals surface area contributed by atoms with Gasteiger partial charge in [0, 0.05) is 0 Å². The molecule has 1 rings (SSSR count). The third-order valence-electron chi connectivity index (χ3n) is 1.50. The quantitative estimate of drug-likeness (QED) is 0.262. The summed E-state index contributed by atoms with van der Waals surface area (Å²) in [5.41, 5.74) is 0. The van der Waals surface area contributed by atoms with Crippen LogP contribution in [0.5, 0.6) is 0 Å². The molecule has 14 heteroatoms. The number of nitrogens with one attached hydrogen (secondary N) is 1. The molecule has 7 N–H and O–H groups in total. The molecule has 1 heterocycles. The van der Waals surface area contributed by atoms with Crippen LogP contribution in [0.2, 0.25) is 0 Å². The van der Waals surface area contributed by atoms with Crippen LogP contribution in [-0.2, 0) is 0 Å². The summed E-state index contributed by atoms with van der Waals surface area (Å²) in [6.07, 6.45) is 0. The van der Waals surface area contributed by atoms with Crippen LogP contribution < -0.4 is 14.9 Å². The standard InChI is InChI=1S/C3H7N5O9/c9-6(10,11)1-2(7(12,13)14)5-3(4-1)8(15,16)17/h9-10,12-13,15-16H,(H,4,5). The molecule has 0 aliphatic carbocycles. The van der Waals surface area contributed by atoms with E-state index in [9.17, 15) is 15.6 Å². The zero-order valence-corrected chi connectivity index (χ0v) is 7.70. The van der Waals surface area contributed by atoms with Crippen LogP contribution in [0.3, 0.4) is 0 Å². The first-order valence-corrected chi connectivity index (χ1v) is 3.62. The number of rotatable bonds is 3. The Morgan fingerprint density at radius 2 is 1.29 bits per heavy atom. The molecule has 0 bridgehead atoms. The Hall–Kier alpha value is -1.27. The van der Waals surface area contributed by atoms with Gasteiger partial charge in [-0.1, -0.05) is 0 Å². The van der Waals surface area contributed by atoms with E-state index in [0.717, 1.165) is 0 Å². The molecule has 0 saturated heterocycles. The van der Waals surface area contributed by atoms with Crippen LogP contribution in [0, 0.1) is 15.6 Å². The number of aromatic nitrogens is 2. The van der Waals surface area contributed by atoms with E-state index in [2.05, 4.69) is 4.98 Å². The Bertz CT molecular complexity index is 376. The first-order chi connectivity index (χ1) is 7.33. The highest BCUT2D eigenvalue weighted by molar-refractivity contribution is 5.58. The van der Waals surface area contributed by atoms with Crippen molar-refractivity contribution in [2.45, 2.75) is 0 Å². The Balaban J connectivity index is 3.44. The Kier molecular flexibility index (Phi) is 2.93. The molecular formula is C3H7N5O9. The first kappa shape index (κ1) is 13.8.